The van der Waals surface area contributed by atoms with E-state index in [-0.39, 0.29) is 12.5 Å². The number of fused-ring (bicyclic) bond motifs is 1. The molecule has 0 bridgehead atoms. The maximum atomic E-state index is 12.2. The maximum Gasteiger partial charge on any atom is 0.260 e. The summed E-state index contributed by atoms with van der Waals surface area (Å²) >= 11 is 11.8. The van der Waals surface area contributed by atoms with E-state index in [2.05, 4.69) is 0 Å². The lowest BCUT2D eigenvalue weighted by Gasteiger charge is -2.17. The van der Waals surface area contributed by atoms with Crippen molar-refractivity contribution in [2.24, 2.45) is 11.8 Å². The lowest BCUT2D eigenvalue weighted by Crippen LogP contribution is -2.33. The number of nitrogens with zero attached hydrogens (tertiary/aromatic N) is 1. The van der Waals surface area contributed by atoms with Crippen LogP contribution in [-0.4, -0.2) is 30.5 Å². The molecule has 2 atom stereocenters. The summed E-state index contributed by atoms with van der Waals surface area (Å²) in [4.78, 5) is 14.1. The molecule has 3 rings (SSSR count). The first-order valence-electron chi connectivity index (χ1n) is 6.99. The fourth-order valence-corrected chi connectivity index (χ4v) is 3.72. The van der Waals surface area contributed by atoms with Crippen molar-refractivity contribution in [1.82, 2.24) is 4.90 Å². The summed E-state index contributed by atoms with van der Waals surface area (Å²) in [6.07, 6.45) is 3.84. The van der Waals surface area contributed by atoms with Crippen molar-refractivity contribution in [2.45, 2.75) is 19.3 Å². The van der Waals surface area contributed by atoms with Crippen molar-refractivity contribution < 1.29 is 9.53 Å². The molecular weight excluding hydrogens is 297 g/mol. The molecule has 1 saturated heterocycles. The van der Waals surface area contributed by atoms with Crippen LogP contribution in [0.3, 0.4) is 0 Å². The summed E-state index contributed by atoms with van der Waals surface area (Å²) in [7, 11) is 0. The Morgan fingerprint density at radius 1 is 1.25 bits per heavy atom. The zero-order valence-corrected chi connectivity index (χ0v) is 12.7. The number of ether oxygens (including phenoxy) is 1. The number of benzene rings is 1. The van der Waals surface area contributed by atoms with Crippen LogP contribution in [0.2, 0.25) is 10.0 Å². The van der Waals surface area contributed by atoms with Crippen LogP contribution in [0, 0.1) is 11.8 Å². The molecule has 0 aromatic heterocycles. The lowest BCUT2D eigenvalue weighted by atomic mass is 10.0. The number of halogens is 2. The number of hydrogen-bond donors (Lipinski definition) is 0. The van der Waals surface area contributed by atoms with Crippen LogP contribution < -0.4 is 4.74 Å². The summed E-state index contributed by atoms with van der Waals surface area (Å²) in [6.45, 7) is 1.82. The topological polar surface area (TPSA) is 29.5 Å². The average molecular weight is 314 g/mol. The van der Waals surface area contributed by atoms with Crippen LogP contribution in [0.15, 0.2) is 18.2 Å². The largest absolute Gasteiger partial charge is 0.482 e. The first kappa shape index (κ1) is 14.0. The second-order valence-electron chi connectivity index (χ2n) is 5.61. The van der Waals surface area contributed by atoms with Crippen molar-refractivity contribution in [2.75, 3.05) is 19.7 Å². The molecule has 20 heavy (non-hydrogen) atoms. The average Bonchev–Trinajstić information content (AvgIpc) is 2.98. The number of likely N-dealkylation sites (tertiary alicyclic amines) is 1. The minimum Gasteiger partial charge on any atom is -0.482 e. The SMILES string of the molecule is O=C(COc1ccc(Cl)cc1Cl)N1C[C@H]2CCC[C@H]2C1. The van der Waals surface area contributed by atoms with Gasteiger partial charge in [0.15, 0.2) is 6.61 Å². The van der Waals surface area contributed by atoms with Crippen molar-refractivity contribution >= 4 is 29.1 Å². The third-order valence-corrected chi connectivity index (χ3v) is 4.85. The van der Waals surface area contributed by atoms with E-state index in [1.54, 1.807) is 18.2 Å². The summed E-state index contributed by atoms with van der Waals surface area (Å²) in [6, 6.07) is 5.01. The van der Waals surface area contributed by atoms with Crippen LogP contribution in [0.25, 0.3) is 0 Å². The minimum absolute atomic E-state index is 0.0425. The molecule has 1 aromatic rings. The molecule has 3 nitrogen and oxygen atoms in total. The Balaban J connectivity index is 1.54. The van der Waals surface area contributed by atoms with Crippen LogP contribution in [0.1, 0.15) is 19.3 Å². The smallest absolute Gasteiger partial charge is 0.260 e. The van der Waals surface area contributed by atoms with Gasteiger partial charge in [0.05, 0.1) is 5.02 Å². The van der Waals surface area contributed by atoms with Gasteiger partial charge >= 0.3 is 0 Å². The van der Waals surface area contributed by atoms with Crippen LogP contribution >= 0.6 is 23.2 Å². The molecule has 1 saturated carbocycles. The van der Waals surface area contributed by atoms with E-state index in [9.17, 15) is 4.79 Å². The standard InChI is InChI=1S/C15H17Cl2NO2/c16-12-4-5-14(13(17)6-12)20-9-15(19)18-7-10-2-1-3-11(10)8-18/h4-6,10-11H,1-3,7-9H2/t10-,11+. The minimum atomic E-state index is 0.0425. The van der Waals surface area contributed by atoms with Crippen molar-refractivity contribution in [1.29, 1.82) is 0 Å². The Bertz CT molecular complexity index is 509. The maximum absolute atomic E-state index is 12.2. The van der Waals surface area contributed by atoms with Gasteiger partial charge in [0.2, 0.25) is 0 Å². The van der Waals surface area contributed by atoms with E-state index < -0.39 is 0 Å². The molecule has 1 aliphatic heterocycles. The summed E-state index contributed by atoms with van der Waals surface area (Å²) in [5, 5.41) is 0.990. The first-order chi connectivity index (χ1) is 9.63. The van der Waals surface area contributed by atoms with Gasteiger partial charge < -0.3 is 9.64 Å². The summed E-state index contributed by atoms with van der Waals surface area (Å²) in [5.74, 6) is 1.96. The van der Waals surface area contributed by atoms with Gasteiger partial charge in [0.25, 0.3) is 5.91 Å². The lowest BCUT2D eigenvalue weighted by molar-refractivity contribution is -0.132. The van der Waals surface area contributed by atoms with E-state index in [0.29, 0.717) is 27.6 Å². The quantitative estimate of drug-likeness (QED) is 0.852. The van der Waals surface area contributed by atoms with Crippen LogP contribution in [0.4, 0.5) is 0 Å². The van der Waals surface area contributed by atoms with Gasteiger partial charge in [-0.1, -0.05) is 29.6 Å². The zero-order chi connectivity index (χ0) is 14.1. The molecule has 0 unspecified atom stereocenters. The van der Waals surface area contributed by atoms with E-state index >= 15 is 0 Å². The van der Waals surface area contributed by atoms with Crippen LogP contribution in [0.5, 0.6) is 5.75 Å². The number of carbonyl (C=O) groups excluding carboxylic acids is 1. The zero-order valence-electron chi connectivity index (χ0n) is 11.1. The highest BCUT2D eigenvalue weighted by Crippen LogP contribution is 2.37. The predicted molar refractivity (Wildman–Crippen MR) is 79.4 cm³/mol. The van der Waals surface area contributed by atoms with Gasteiger partial charge in [-0.05, 0) is 42.9 Å². The van der Waals surface area contributed by atoms with Gasteiger partial charge in [-0.3, -0.25) is 4.79 Å². The van der Waals surface area contributed by atoms with Gasteiger partial charge in [-0.2, -0.15) is 0 Å². The molecular formula is C15H17Cl2NO2. The summed E-state index contributed by atoms with van der Waals surface area (Å²) < 4.78 is 5.51. The number of rotatable bonds is 3. The molecule has 1 amide bonds. The fourth-order valence-electron chi connectivity index (χ4n) is 3.26. The molecule has 0 spiro atoms. The molecule has 2 fully saturated rings. The molecule has 5 heteroatoms. The number of hydrogen-bond acceptors (Lipinski definition) is 2. The van der Waals surface area contributed by atoms with Crippen LogP contribution in [-0.2, 0) is 4.79 Å². The third kappa shape index (κ3) is 2.89. The van der Waals surface area contributed by atoms with Gasteiger partial charge in [-0.25, -0.2) is 0 Å². The number of carbonyl (C=O) groups is 1. The van der Waals surface area contributed by atoms with E-state index in [0.717, 1.165) is 13.1 Å². The molecule has 1 aromatic carbocycles. The highest BCUT2D eigenvalue weighted by Gasteiger charge is 2.37. The predicted octanol–water partition coefficient (Wildman–Crippen LogP) is 3.63. The van der Waals surface area contributed by atoms with E-state index in [1.165, 1.54) is 19.3 Å². The normalized spacial score (nSPS) is 24.8. The Labute approximate surface area is 128 Å². The Morgan fingerprint density at radius 3 is 2.60 bits per heavy atom. The van der Waals surface area contributed by atoms with Crippen molar-refractivity contribution in [3.8, 4) is 5.75 Å². The molecule has 1 heterocycles. The van der Waals surface area contributed by atoms with E-state index in [4.69, 9.17) is 27.9 Å². The van der Waals surface area contributed by atoms with E-state index in [1.807, 2.05) is 4.90 Å². The Hall–Kier alpha value is -0.930. The van der Waals surface area contributed by atoms with Crippen molar-refractivity contribution in [3.05, 3.63) is 28.2 Å². The molecule has 0 radical (unpaired) electrons. The number of amides is 1. The Kier molecular flexibility index (Phi) is 4.08. The first-order valence-corrected chi connectivity index (χ1v) is 7.74. The highest BCUT2D eigenvalue weighted by atomic mass is 35.5. The highest BCUT2D eigenvalue weighted by molar-refractivity contribution is 6.35. The second-order valence-corrected chi connectivity index (χ2v) is 6.46. The van der Waals surface area contributed by atoms with Crippen molar-refractivity contribution in [3.63, 3.8) is 0 Å². The third-order valence-electron chi connectivity index (χ3n) is 4.32. The van der Waals surface area contributed by atoms with Gasteiger partial charge in [0, 0.05) is 18.1 Å². The second kappa shape index (κ2) is 5.82. The van der Waals surface area contributed by atoms with Gasteiger partial charge in [-0.15, -0.1) is 0 Å². The monoisotopic (exact) mass is 313 g/mol. The molecule has 0 N–H and O–H groups in total. The molecule has 1 aliphatic carbocycles. The Morgan fingerprint density at radius 2 is 1.95 bits per heavy atom. The fraction of sp³-hybridized carbons (Fsp3) is 0.533. The van der Waals surface area contributed by atoms with Gasteiger partial charge in [0.1, 0.15) is 5.75 Å². The molecule has 108 valence electrons. The molecule has 2 aliphatic rings. The summed E-state index contributed by atoms with van der Waals surface area (Å²) in [5.41, 5.74) is 0.